The second kappa shape index (κ2) is 10.0. The zero-order valence-corrected chi connectivity index (χ0v) is 17.6. The Morgan fingerprint density at radius 1 is 1.00 bits per heavy atom. The van der Waals surface area contributed by atoms with Gasteiger partial charge in [0, 0.05) is 23.9 Å². The third-order valence-electron chi connectivity index (χ3n) is 4.41. The summed E-state index contributed by atoms with van der Waals surface area (Å²) in [6, 6.07) is 18.6. The molecule has 0 fully saturated rings. The van der Waals surface area contributed by atoms with Crippen LogP contribution in [-0.4, -0.2) is 25.9 Å². The van der Waals surface area contributed by atoms with Crippen molar-refractivity contribution in [3.05, 3.63) is 89.6 Å². The standard InChI is InChI=1S/C23H24N2O4S/c1-2-15-29-23-20(7-6-14-24-23)16-25-22(26)19-12-10-18(11-13-19)17-30(27,28)21-8-4-3-5-9-21/h3-14H,2,15-17H2,1H3,(H,25,26). The van der Waals surface area contributed by atoms with E-state index in [1.807, 2.05) is 13.0 Å². The molecule has 3 rings (SSSR count). The lowest BCUT2D eigenvalue weighted by molar-refractivity contribution is 0.0950. The number of hydrogen-bond donors (Lipinski definition) is 1. The van der Waals surface area contributed by atoms with Gasteiger partial charge in [0.1, 0.15) is 0 Å². The van der Waals surface area contributed by atoms with E-state index >= 15 is 0 Å². The Morgan fingerprint density at radius 2 is 1.73 bits per heavy atom. The number of benzene rings is 2. The number of sulfone groups is 1. The van der Waals surface area contributed by atoms with Gasteiger partial charge in [0.2, 0.25) is 5.88 Å². The second-order valence-electron chi connectivity index (χ2n) is 6.77. The molecule has 0 aliphatic heterocycles. The quantitative estimate of drug-likeness (QED) is 0.565. The maximum absolute atomic E-state index is 12.5. The number of pyridine rings is 1. The topological polar surface area (TPSA) is 85.4 Å². The predicted octanol–water partition coefficient (Wildman–Crippen LogP) is 3.77. The van der Waals surface area contributed by atoms with Gasteiger partial charge in [-0.15, -0.1) is 0 Å². The molecule has 156 valence electrons. The first-order valence-electron chi connectivity index (χ1n) is 9.71. The first-order valence-corrected chi connectivity index (χ1v) is 11.4. The minimum atomic E-state index is -3.43. The van der Waals surface area contributed by atoms with Crippen LogP contribution in [0.4, 0.5) is 0 Å². The van der Waals surface area contributed by atoms with E-state index in [0.717, 1.165) is 12.0 Å². The Morgan fingerprint density at radius 3 is 2.43 bits per heavy atom. The number of amides is 1. The lowest BCUT2D eigenvalue weighted by Crippen LogP contribution is -2.23. The zero-order chi connectivity index (χ0) is 21.4. The monoisotopic (exact) mass is 424 g/mol. The van der Waals surface area contributed by atoms with Crippen LogP contribution in [0.5, 0.6) is 5.88 Å². The third kappa shape index (κ3) is 5.67. The molecule has 0 saturated carbocycles. The molecule has 0 radical (unpaired) electrons. The number of carbonyl (C=O) groups excluding carboxylic acids is 1. The van der Waals surface area contributed by atoms with Crippen LogP contribution in [0.15, 0.2) is 77.8 Å². The minimum Gasteiger partial charge on any atom is -0.477 e. The van der Waals surface area contributed by atoms with Crippen LogP contribution in [0.2, 0.25) is 0 Å². The Kier molecular flexibility index (Phi) is 7.19. The summed E-state index contributed by atoms with van der Waals surface area (Å²) < 4.78 is 30.6. The summed E-state index contributed by atoms with van der Waals surface area (Å²) in [5.41, 5.74) is 1.87. The van der Waals surface area contributed by atoms with Gasteiger partial charge in [-0.25, -0.2) is 13.4 Å². The summed E-state index contributed by atoms with van der Waals surface area (Å²) in [4.78, 5) is 17.0. The smallest absolute Gasteiger partial charge is 0.251 e. The van der Waals surface area contributed by atoms with Crippen molar-refractivity contribution < 1.29 is 17.9 Å². The molecule has 0 spiro atoms. The van der Waals surface area contributed by atoms with Gasteiger partial charge in [-0.05, 0) is 42.3 Å². The third-order valence-corrected chi connectivity index (χ3v) is 6.11. The van der Waals surface area contributed by atoms with Crippen molar-refractivity contribution in [1.29, 1.82) is 0 Å². The van der Waals surface area contributed by atoms with Gasteiger partial charge < -0.3 is 10.1 Å². The van der Waals surface area contributed by atoms with Gasteiger partial charge in [0.05, 0.1) is 17.3 Å². The molecule has 1 N–H and O–H groups in total. The SMILES string of the molecule is CCCOc1ncccc1CNC(=O)c1ccc(CS(=O)(=O)c2ccccc2)cc1. The summed E-state index contributed by atoms with van der Waals surface area (Å²) in [6.07, 6.45) is 2.52. The van der Waals surface area contributed by atoms with E-state index in [9.17, 15) is 13.2 Å². The van der Waals surface area contributed by atoms with Crippen LogP contribution in [0.1, 0.15) is 34.8 Å². The highest BCUT2D eigenvalue weighted by atomic mass is 32.2. The average molecular weight is 425 g/mol. The van der Waals surface area contributed by atoms with Gasteiger partial charge >= 0.3 is 0 Å². The maximum atomic E-state index is 12.5. The fourth-order valence-electron chi connectivity index (χ4n) is 2.85. The number of nitrogens with one attached hydrogen (secondary N) is 1. The van der Waals surface area contributed by atoms with E-state index in [-0.39, 0.29) is 23.1 Å². The van der Waals surface area contributed by atoms with Crippen molar-refractivity contribution in [2.45, 2.75) is 30.5 Å². The molecular formula is C23H24N2O4S. The number of rotatable bonds is 9. The van der Waals surface area contributed by atoms with E-state index in [1.54, 1.807) is 66.9 Å². The van der Waals surface area contributed by atoms with E-state index in [2.05, 4.69) is 10.3 Å². The first kappa shape index (κ1) is 21.5. The van der Waals surface area contributed by atoms with Crippen LogP contribution in [0, 0.1) is 0 Å². The fraction of sp³-hybridized carbons (Fsp3) is 0.217. The predicted molar refractivity (Wildman–Crippen MR) is 115 cm³/mol. The van der Waals surface area contributed by atoms with Gasteiger partial charge in [-0.2, -0.15) is 0 Å². The highest BCUT2D eigenvalue weighted by molar-refractivity contribution is 7.90. The number of aromatic nitrogens is 1. The van der Waals surface area contributed by atoms with E-state index in [1.165, 1.54) is 0 Å². The summed E-state index contributed by atoms with van der Waals surface area (Å²) in [7, 11) is -3.43. The number of ether oxygens (including phenoxy) is 1. The van der Waals surface area contributed by atoms with Gasteiger partial charge in [-0.1, -0.05) is 43.3 Å². The van der Waals surface area contributed by atoms with Crippen LogP contribution in [0.3, 0.4) is 0 Å². The fourth-order valence-corrected chi connectivity index (χ4v) is 4.22. The Hall–Kier alpha value is -3.19. The molecule has 0 atom stereocenters. The van der Waals surface area contributed by atoms with Crippen LogP contribution < -0.4 is 10.1 Å². The Balaban J connectivity index is 1.62. The molecular weight excluding hydrogens is 400 g/mol. The number of carbonyl (C=O) groups is 1. The molecule has 0 bridgehead atoms. The van der Waals surface area contributed by atoms with E-state index in [0.29, 0.717) is 23.6 Å². The molecule has 0 aliphatic rings. The minimum absolute atomic E-state index is 0.118. The van der Waals surface area contributed by atoms with Crippen molar-refractivity contribution >= 4 is 15.7 Å². The highest BCUT2D eigenvalue weighted by Gasteiger charge is 2.15. The molecule has 1 amide bonds. The van der Waals surface area contributed by atoms with Crippen LogP contribution in [0.25, 0.3) is 0 Å². The van der Waals surface area contributed by atoms with Gasteiger partial charge in [-0.3, -0.25) is 4.79 Å². The summed E-state index contributed by atoms with van der Waals surface area (Å²) in [6.45, 7) is 2.86. The normalized spacial score (nSPS) is 11.1. The number of hydrogen-bond acceptors (Lipinski definition) is 5. The van der Waals surface area contributed by atoms with Crippen LogP contribution >= 0.6 is 0 Å². The lowest BCUT2D eigenvalue weighted by atomic mass is 10.1. The summed E-state index contributed by atoms with van der Waals surface area (Å²) >= 11 is 0. The molecule has 6 nitrogen and oxygen atoms in total. The Labute approximate surface area is 176 Å². The van der Waals surface area contributed by atoms with E-state index < -0.39 is 9.84 Å². The zero-order valence-electron chi connectivity index (χ0n) is 16.7. The summed E-state index contributed by atoms with van der Waals surface area (Å²) in [5.74, 6) is 0.145. The van der Waals surface area contributed by atoms with Crippen molar-refractivity contribution in [3.63, 3.8) is 0 Å². The maximum Gasteiger partial charge on any atom is 0.251 e. The Bertz CT molecular complexity index is 1080. The van der Waals surface area contributed by atoms with Crippen molar-refractivity contribution in [2.75, 3.05) is 6.61 Å². The second-order valence-corrected chi connectivity index (χ2v) is 8.76. The van der Waals surface area contributed by atoms with E-state index in [4.69, 9.17) is 4.74 Å². The summed E-state index contributed by atoms with van der Waals surface area (Å²) in [5, 5.41) is 2.85. The first-order chi connectivity index (χ1) is 14.5. The van der Waals surface area contributed by atoms with Gasteiger partial charge in [0.25, 0.3) is 5.91 Å². The molecule has 0 aliphatic carbocycles. The highest BCUT2D eigenvalue weighted by Crippen LogP contribution is 2.17. The number of nitrogens with zero attached hydrogens (tertiary/aromatic N) is 1. The van der Waals surface area contributed by atoms with Gasteiger partial charge in [0.15, 0.2) is 9.84 Å². The molecule has 1 aromatic heterocycles. The molecule has 0 saturated heterocycles. The molecule has 0 unspecified atom stereocenters. The molecule has 30 heavy (non-hydrogen) atoms. The van der Waals surface area contributed by atoms with Crippen LogP contribution in [-0.2, 0) is 22.1 Å². The van der Waals surface area contributed by atoms with Crippen molar-refractivity contribution in [2.24, 2.45) is 0 Å². The molecule has 2 aromatic carbocycles. The van der Waals surface area contributed by atoms with Crippen molar-refractivity contribution in [3.8, 4) is 5.88 Å². The average Bonchev–Trinajstić information content (AvgIpc) is 2.77. The lowest BCUT2D eigenvalue weighted by Gasteiger charge is -2.11. The van der Waals surface area contributed by atoms with Crippen molar-refractivity contribution in [1.82, 2.24) is 10.3 Å². The largest absolute Gasteiger partial charge is 0.477 e. The molecule has 3 aromatic rings. The molecule has 7 heteroatoms. The molecule has 1 heterocycles.